The van der Waals surface area contributed by atoms with Gasteiger partial charge in [-0.2, -0.15) is 0 Å². The van der Waals surface area contributed by atoms with Gasteiger partial charge in [0.1, 0.15) is 5.69 Å². The van der Waals surface area contributed by atoms with Gasteiger partial charge in [0.2, 0.25) is 0 Å². The van der Waals surface area contributed by atoms with Crippen molar-refractivity contribution in [3.8, 4) is 0 Å². The fourth-order valence-electron chi connectivity index (χ4n) is 1.55. The van der Waals surface area contributed by atoms with E-state index in [1.165, 1.54) is 6.07 Å². The Balaban J connectivity index is 2.75. The molecular weight excluding hydrogens is 218 g/mol. The van der Waals surface area contributed by atoms with Crippen molar-refractivity contribution in [3.63, 3.8) is 0 Å². The van der Waals surface area contributed by atoms with E-state index < -0.39 is 4.92 Å². The fourth-order valence-corrected chi connectivity index (χ4v) is 1.55. The van der Waals surface area contributed by atoms with E-state index in [9.17, 15) is 10.1 Å². The number of benzene rings is 1. The Labute approximate surface area is 101 Å². The normalized spacial score (nSPS) is 9.94. The topological polar surface area (TPSA) is 72.4 Å². The van der Waals surface area contributed by atoms with E-state index in [2.05, 4.69) is 6.58 Å². The molecule has 0 aliphatic heterocycles. The first kappa shape index (κ1) is 13.0. The number of anilines is 2. The molecule has 5 heteroatoms. The molecule has 0 radical (unpaired) electrons. The second kappa shape index (κ2) is 5.89. The Kier molecular flexibility index (Phi) is 4.51. The molecule has 92 valence electrons. The van der Waals surface area contributed by atoms with E-state index in [1.54, 1.807) is 12.1 Å². The zero-order valence-corrected chi connectivity index (χ0v) is 9.93. The van der Waals surface area contributed by atoms with Crippen molar-refractivity contribution in [2.75, 3.05) is 24.2 Å². The molecule has 0 aliphatic rings. The second-order valence-electron chi connectivity index (χ2n) is 3.85. The fraction of sp³-hybridized carbons (Fsp3) is 0.333. The predicted octanol–water partition coefficient (Wildman–Crippen LogP) is 2.58. The molecule has 1 aromatic carbocycles. The van der Waals surface area contributed by atoms with Crippen LogP contribution >= 0.6 is 0 Å². The Morgan fingerprint density at radius 3 is 2.82 bits per heavy atom. The van der Waals surface area contributed by atoms with E-state index in [0.717, 1.165) is 25.1 Å². The summed E-state index contributed by atoms with van der Waals surface area (Å²) in [6, 6.07) is 4.78. The quantitative estimate of drug-likeness (QED) is 0.270. The van der Waals surface area contributed by atoms with Crippen LogP contribution in [0, 0.1) is 10.1 Å². The Morgan fingerprint density at radius 2 is 2.29 bits per heavy atom. The van der Waals surface area contributed by atoms with Gasteiger partial charge in [-0.05, 0) is 25.0 Å². The van der Waals surface area contributed by atoms with Crippen LogP contribution in [0.5, 0.6) is 0 Å². The number of nitro benzene ring substituents is 1. The number of nitro groups is 1. The molecule has 0 heterocycles. The smallest absolute Gasteiger partial charge is 0.292 e. The average molecular weight is 235 g/mol. The summed E-state index contributed by atoms with van der Waals surface area (Å²) in [5.41, 5.74) is 6.67. The lowest BCUT2D eigenvalue weighted by molar-refractivity contribution is -0.383. The molecule has 0 saturated carbocycles. The minimum atomic E-state index is -0.475. The summed E-state index contributed by atoms with van der Waals surface area (Å²) in [4.78, 5) is 12.2. The molecule has 0 saturated heterocycles. The summed E-state index contributed by atoms with van der Waals surface area (Å²) in [6.45, 7) is 4.53. The lowest BCUT2D eigenvalue weighted by Crippen LogP contribution is -2.18. The number of nitrogen functional groups attached to an aromatic ring is 1. The maximum Gasteiger partial charge on any atom is 0.292 e. The van der Waals surface area contributed by atoms with Gasteiger partial charge in [-0.3, -0.25) is 10.1 Å². The maximum absolute atomic E-state index is 10.6. The highest BCUT2D eigenvalue weighted by atomic mass is 16.6. The first-order valence-electron chi connectivity index (χ1n) is 5.42. The third-order valence-electron chi connectivity index (χ3n) is 2.55. The molecule has 0 spiro atoms. The molecule has 0 aliphatic carbocycles. The highest BCUT2D eigenvalue weighted by Crippen LogP contribution is 2.26. The van der Waals surface area contributed by atoms with Crippen LogP contribution in [-0.4, -0.2) is 18.5 Å². The molecule has 0 bridgehead atoms. The molecule has 0 aromatic heterocycles. The molecule has 0 fully saturated rings. The number of nitrogens with zero attached hydrogens (tertiary/aromatic N) is 2. The van der Waals surface area contributed by atoms with Crippen molar-refractivity contribution in [3.05, 3.63) is 41.0 Å². The van der Waals surface area contributed by atoms with Gasteiger partial charge in [0.25, 0.3) is 5.69 Å². The minimum absolute atomic E-state index is 0.0479. The van der Waals surface area contributed by atoms with Crippen LogP contribution in [0.1, 0.15) is 12.8 Å². The molecule has 1 aromatic rings. The van der Waals surface area contributed by atoms with Crippen molar-refractivity contribution in [1.82, 2.24) is 0 Å². The van der Waals surface area contributed by atoms with Crippen LogP contribution in [0.15, 0.2) is 30.9 Å². The number of unbranched alkanes of at least 4 members (excludes halogenated alkanes) is 1. The van der Waals surface area contributed by atoms with Crippen molar-refractivity contribution < 1.29 is 4.92 Å². The van der Waals surface area contributed by atoms with Crippen molar-refractivity contribution in [2.24, 2.45) is 0 Å². The van der Waals surface area contributed by atoms with Gasteiger partial charge in [0, 0.05) is 25.3 Å². The Bertz CT molecular complexity index is 418. The van der Waals surface area contributed by atoms with E-state index in [-0.39, 0.29) is 11.4 Å². The van der Waals surface area contributed by atoms with Gasteiger partial charge in [0.15, 0.2) is 0 Å². The molecule has 5 nitrogen and oxygen atoms in total. The van der Waals surface area contributed by atoms with Gasteiger partial charge in [0.05, 0.1) is 4.92 Å². The SMILES string of the molecule is C=CCCCN(C)c1ccc([N+](=O)[O-])c(N)c1. The summed E-state index contributed by atoms with van der Waals surface area (Å²) >= 11 is 0. The second-order valence-corrected chi connectivity index (χ2v) is 3.85. The standard InChI is InChI=1S/C12H17N3O2/c1-3-4-5-8-14(2)10-6-7-12(15(16)17)11(13)9-10/h3,6-7,9H,1,4-5,8,13H2,2H3. The van der Waals surface area contributed by atoms with Gasteiger partial charge in [-0.15, -0.1) is 6.58 Å². The minimum Gasteiger partial charge on any atom is -0.393 e. The molecule has 0 atom stereocenters. The van der Waals surface area contributed by atoms with Crippen LogP contribution < -0.4 is 10.6 Å². The number of allylic oxidation sites excluding steroid dienone is 1. The molecule has 1 rings (SSSR count). The van der Waals surface area contributed by atoms with Gasteiger partial charge >= 0.3 is 0 Å². The van der Waals surface area contributed by atoms with Crippen LogP contribution in [0.2, 0.25) is 0 Å². The van der Waals surface area contributed by atoms with E-state index >= 15 is 0 Å². The number of rotatable bonds is 6. The Hall–Kier alpha value is -2.04. The number of hydrogen-bond donors (Lipinski definition) is 1. The third kappa shape index (κ3) is 3.48. The highest BCUT2D eigenvalue weighted by molar-refractivity contribution is 5.66. The summed E-state index contributed by atoms with van der Waals surface area (Å²) in [5.74, 6) is 0. The van der Waals surface area contributed by atoms with Gasteiger partial charge in [-0.1, -0.05) is 6.08 Å². The van der Waals surface area contributed by atoms with E-state index in [1.807, 2.05) is 18.0 Å². The molecule has 17 heavy (non-hydrogen) atoms. The van der Waals surface area contributed by atoms with E-state index in [0.29, 0.717) is 0 Å². The van der Waals surface area contributed by atoms with Crippen molar-refractivity contribution in [1.29, 1.82) is 0 Å². The first-order chi connectivity index (χ1) is 8.06. The average Bonchev–Trinajstić information content (AvgIpc) is 2.28. The first-order valence-corrected chi connectivity index (χ1v) is 5.42. The predicted molar refractivity (Wildman–Crippen MR) is 70.2 cm³/mol. The van der Waals surface area contributed by atoms with Crippen molar-refractivity contribution >= 4 is 17.1 Å². The highest BCUT2D eigenvalue weighted by Gasteiger charge is 2.12. The maximum atomic E-state index is 10.6. The zero-order chi connectivity index (χ0) is 12.8. The number of hydrogen-bond acceptors (Lipinski definition) is 4. The molecular formula is C12H17N3O2. The third-order valence-corrected chi connectivity index (χ3v) is 2.55. The molecule has 0 amide bonds. The summed E-state index contributed by atoms with van der Waals surface area (Å²) in [5, 5.41) is 10.6. The van der Waals surface area contributed by atoms with Crippen LogP contribution in [-0.2, 0) is 0 Å². The lowest BCUT2D eigenvalue weighted by atomic mass is 10.2. The summed E-state index contributed by atoms with van der Waals surface area (Å²) in [6.07, 6.45) is 3.82. The van der Waals surface area contributed by atoms with Crippen LogP contribution in [0.3, 0.4) is 0 Å². The van der Waals surface area contributed by atoms with Crippen molar-refractivity contribution in [2.45, 2.75) is 12.8 Å². The van der Waals surface area contributed by atoms with Crippen LogP contribution in [0.25, 0.3) is 0 Å². The monoisotopic (exact) mass is 235 g/mol. The van der Waals surface area contributed by atoms with Gasteiger partial charge in [-0.25, -0.2) is 0 Å². The summed E-state index contributed by atoms with van der Waals surface area (Å²) in [7, 11) is 1.93. The molecule has 0 unspecified atom stereocenters. The number of nitrogens with two attached hydrogens (primary N) is 1. The van der Waals surface area contributed by atoms with Crippen LogP contribution in [0.4, 0.5) is 17.1 Å². The molecule has 2 N–H and O–H groups in total. The lowest BCUT2D eigenvalue weighted by Gasteiger charge is -2.19. The largest absolute Gasteiger partial charge is 0.393 e. The zero-order valence-electron chi connectivity index (χ0n) is 9.93. The Morgan fingerprint density at radius 1 is 1.59 bits per heavy atom. The van der Waals surface area contributed by atoms with Gasteiger partial charge < -0.3 is 10.6 Å². The van der Waals surface area contributed by atoms with E-state index in [4.69, 9.17) is 5.73 Å². The summed E-state index contributed by atoms with van der Waals surface area (Å²) < 4.78 is 0.